The molecule has 216 valence electrons. The topological polar surface area (TPSA) is 101 Å². The zero-order valence-electron chi connectivity index (χ0n) is 21.5. The predicted octanol–water partition coefficient (Wildman–Crippen LogP) is 5.35. The molecule has 3 heterocycles. The van der Waals surface area contributed by atoms with Gasteiger partial charge in [-0.2, -0.15) is 36.7 Å². The molecule has 1 aliphatic heterocycles. The maximum absolute atomic E-state index is 15.4. The normalized spacial score (nSPS) is 18.5. The van der Waals surface area contributed by atoms with Crippen LogP contribution >= 0.6 is 0 Å². The van der Waals surface area contributed by atoms with Crippen molar-refractivity contribution in [2.45, 2.75) is 70.4 Å². The first-order chi connectivity index (χ1) is 18.7. The molecule has 4 rings (SSSR count). The van der Waals surface area contributed by atoms with Gasteiger partial charge in [0.15, 0.2) is 5.54 Å². The number of carbonyl (C=O) groups is 1. The third-order valence-corrected chi connectivity index (χ3v) is 6.52. The van der Waals surface area contributed by atoms with Crippen molar-refractivity contribution in [3.63, 3.8) is 0 Å². The van der Waals surface area contributed by atoms with Gasteiger partial charge in [0.25, 0.3) is 5.91 Å². The smallest absolute Gasteiger partial charge is 0.334 e. The summed E-state index contributed by atoms with van der Waals surface area (Å²) in [7, 11) is 0. The molecule has 1 atom stereocenters. The Hall–Kier alpha value is -3.78. The highest BCUT2D eigenvalue weighted by atomic mass is 19.4. The summed E-state index contributed by atoms with van der Waals surface area (Å²) in [5, 5.41) is 19.4. The molecular formula is C25H26F7N7O. The highest BCUT2D eigenvalue weighted by Gasteiger charge is 2.61. The van der Waals surface area contributed by atoms with Crippen molar-refractivity contribution in [1.29, 1.82) is 0 Å². The predicted molar refractivity (Wildman–Crippen MR) is 129 cm³/mol. The number of aromatic nitrogens is 6. The number of hydrogen-bond acceptors (Lipinski definition) is 5. The average molecular weight is 574 g/mol. The van der Waals surface area contributed by atoms with Gasteiger partial charge in [0.1, 0.15) is 5.82 Å². The van der Waals surface area contributed by atoms with Gasteiger partial charge in [-0.15, -0.1) is 10.2 Å². The van der Waals surface area contributed by atoms with Crippen LogP contribution in [0, 0.1) is 11.7 Å². The van der Waals surface area contributed by atoms with Crippen molar-refractivity contribution in [3.05, 3.63) is 58.9 Å². The molecule has 0 bridgehead atoms. The summed E-state index contributed by atoms with van der Waals surface area (Å²) in [4.78, 5) is 13.3. The third kappa shape index (κ3) is 6.17. The molecule has 3 aromatic rings. The van der Waals surface area contributed by atoms with E-state index in [-0.39, 0.29) is 53.4 Å². The van der Waals surface area contributed by atoms with E-state index in [1.165, 1.54) is 16.8 Å². The largest absolute Gasteiger partial charge is 0.416 e. The summed E-state index contributed by atoms with van der Waals surface area (Å²) in [6.45, 7) is 4.31. The number of amides is 1. The quantitative estimate of drug-likeness (QED) is 0.265. The monoisotopic (exact) mass is 573 g/mol. The molecule has 0 aliphatic carbocycles. The van der Waals surface area contributed by atoms with Crippen molar-refractivity contribution in [2.24, 2.45) is 5.92 Å². The van der Waals surface area contributed by atoms with Crippen molar-refractivity contribution in [1.82, 2.24) is 35.7 Å². The molecule has 2 aromatic heterocycles. The number of halogens is 7. The second kappa shape index (κ2) is 11.0. The minimum atomic E-state index is -5.16. The van der Waals surface area contributed by atoms with Gasteiger partial charge in [-0.25, -0.2) is 4.39 Å². The number of rotatable bonds is 9. The number of alkyl halides is 6. The van der Waals surface area contributed by atoms with Crippen LogP contribution in [0.3, 0.4) is 0 Å². The molecule has 15 heteroatoms. The van der Waals surface area contributed by atoms with Gasteiger partial charge in [0.05, 0.1) is 11.3 Å². The van der Waals surface area contributed by atoms with Crippen molar-refractivity contribution >= 4 is 17.1 Å². The second-order valence-corrected chi connectivity index (χ2v) is 10.1. The minimum Gasteiger partial charge on any atom is -0.334 e. The maximum Gasteiger partial charge on any atom is 0.416 e. The Labute approximate surface area is 224 Å². The van der Waals surface area contributed by atoms with Gasteiger partial charge in [0.2, 0.25) is 5.82 Å². The van der Waals surface area contributed by atoms with E-state index in [1.54, 1.807) is 6.20 Å². The summed E-state index contributed by atoms with van der Waals surface area (Å²) >= 11 is 0. The Balaban J connectivity index is 1.75. The van der Waals surface area contributed by atoms with Crippen LogP contribution in [0.15, 0.2) is 30.5 Å². The molecule has 0 saturated carbocycles. The van der Waals surface area contributed by atoms with Crippen LogP contribution in [-0.4, -0.2) is 48.7 Å². The number of carbonyl (C=O) groups excluding carboxylic acids is 1. The summed E-state index contributed by atoms with van der Waals surface area (Å²) in [5.41, 5.74) is -4.15. The standard InChI is InChI=1S/C25H26F7N7O/c1-14(2)13-39-10-8-19(36-39)16-12-23(25(30,31)32,33-22(40)20(16)21-34-37-38-35-21)17-7-6-15(11-18(17)26)5-3-4-9-24(27,28)29/h6-8,10-11,14H,3-5,9,12-13H2,1-2H3,(H,33,40)(H,34,35,37,38). The van der Waals surface area contributed by atoms with Crippen molar-refractivity contribution in [3.8, 4) is 0 Å². The van der Waals surface area contributed by atoms with E-state index in [0.717, 1.165) is 12.1 Å². The SMILES string of the molecule is CC(C)Cn1ccc(C2=C(c3nn[nH]n3)C(=O)NC(c3ccc(CCCCC(F)(F)F)cc3F)(C(F)(F)F)C2)n1. The fourth-order valence-corrected chi connectivity index (χ4v) is 4.71. The molecule has 2 N–H and O–H groups in total. The number of H-pyrrole nitrogens is 1. The number of benzene rings is 1. The first kappa shape index (κ1) is 29.2. The Morgan fingerprint density at radius 2 is 1.85 bits per heavy atom. The highest BCUT2D eigenvalue weighted by molar-refractivity contribution is 6.27. The molecular weight excluding hydrogens is 547 g/mol. The van der Waals surface area contributed by atoms with E-state index in [0.29, 0.717) is 6.54 Å². The van der Waals surface area contributed by atoms with Gasteiger partial charge in [0, 0.05) is 31.1 Å². The van der Waals surface area contributed by atoms with Crippen molar-refractivity contribution < 1.29 is 35.5 Å². The fourth-order valence-electron chi connectivity index (χ4n) is 4.71. The van der Waals surface area contributed by atoms with E-state index in [9.17, 15) is 31.1 Å². The van der Waals surface area contributed by atoms with Crippen LogP contribution in [0.25, 0.3) is 11.1 Å². The van der Waals surface area contributed by atoms with E-state index >= 15 is 4.39 Å². The first-order valence-corrected chi connectivity index (χ1v) is 12.5. The van der Waals surface area contributed by atoms with Crippen molar-refractivity contribution in [2.75, 3.05) is 0 Å². The first-order valence-electron chi connectivity index (χ1n) is 12.5. The van der Waals surface area contributed by atoms with E-state index in [2.05, 4.69) is 25.7 Å². The molecule has 0 saturated heterocycles. The highest BCUT2D eigenvalue weighted by Crippen LogP contribution is 2.50. The Bertz CT molecular complexity index is 1380. The molecule has 8 nitrogen and oxygen atoms in total. The third-order valence-electron chi connectivity index (χ3n) is 6.52. The number of tetrazole rings is 1. The number of hydrogen-bond donors (Lipinski definition) is 2. The van der Waals surface area contributed by atoms with Crippen LogP contribution in [-0.2, 0) is 23.3 Å². The van der Waals surface area contributed by atoms with E-state index < -0.39 is 48.0 Å². The molecule has 0 fully saturated rings. The lowest BCUT2D eigenvalue weighted by atomic mass is 9.77. The van der Waals surface area contributed by atoms with Crippen LogP contribution in [0.2, 0.25) is 0 Å². The van der Waals surface area contributed by atoms with Gasteiger partial charge < -0.3 is 5.32 Å². The van der Waals surface area contributed by atoms with Gasteiger partial charge >= 0.3 is 12.4 Å². The molecule has 1 aromatic carbocycles. The van der Waals surface area contributed by atoms with Gasteiger partial charge in [-0.05, 0) is 53.7 Å². The van der Waals surface area contributed by atoms with Crippen LogP contribution in [0.4, 0.5) is 30.7 Å². The fraction of sp³-hybridized carbons (Fsp3) is 0.480. The lowest BCUT2D eigenvalue weighted by molar-refractivity contribution is -0.202. The second-order valence-electron chi connectivity index (χ2n) is 10.1. The molecule has 40 heavy (non-hydrogen) atoms. The van der Waals surface area contributed by atoms with E-state index in [1.807, 2.05) is 19.2 Å². The summed E-state index contributed by atoms with van der Waals surface area (Å²) < 4.78 is 98.6. The minimum absolute atomic E-state index is 0.0407. The van der Waals surface area contributed by atoms with Crippen LogP contribution in [0.5, 0.6) is 0 Å². The molecule has 1 unspecified atom stereocenters. The van der Waals surface area contributed by atoms with Crippen LogP contribution < -0.4 is 5.32 Å². The van der Waals surface area contributed by atoms with Crippen LogP contribution in [0.1, 0.15) is 62.2 Å². The summed E-state index contributed by atoms with van der Waals surface area (Å²) in [6, 6.07) is 4.45. The molecule has 0 spiro atoms. The van der Waals surface area contributed by atoms with Gasteiger partial charge in [-0.1, -0.05) is 26.0 Å². The number of aromatic amines is 1. The number of nitrogens with zero attached hydrogens (tertiary/aromatic N) is 5. The molecule has 1 amide bonds. The number of aryl methyl sites for hydroxylation is 1. The number of unbranched alkanes of at least 4 members (excludes halogenated alkanes) is 1. The lowest BCUT2D eigenvalue weighted by Crippen LogP contribution is -2.59. The summed E-state index contributed by atoms with van der Waals surface area (Å²) in [5.74, 6) is -2.53. The molecule has 0 radical (unpaired) electrons. The zero-order valence-corrected chi connectivity index (χ0v) is 21.5. The van der Waals surface area contributed by atoms with E-state index in [4.69, 9.17) is 0 Å². The van der Waals surface area contributed by atoms with Gasteiger partial charge in [-0.3, -0.25) is 9.48 Å². The molecule has 1 aliphatic rings. The number of nitrogens with one attached hydrogen (secondary N) is 2. The maximum atomic E-state index is 15.4. The zero-order chi connectivity index (χ0) is 29.3. The average Bonchev–Trinajstić information content (AvgIpc) is 3.52. The lowest BCUT2D eigenvalue weighted by Gasteiger charge is -2.41. The Morgan fingerprint density at radius 1 is 1.10 bits per heavy atom. The summed E-state index contributed by atoms with van der Waals surface area (Å²) in [6.07, 6.45) is -9.96. The Morgan fingerprint density at radius 3 is 2.45 bits per heavy atom. The Kier molecular flexibility index (Phi) is 8.04.